The summed E-state index contributed by atoms with van der Waals surface area (Å²) in [5, 5.41) is 7.89. The van der Waals surface area contributed by atoms with Gasteiger partial charge in [0.25, 0.3) is 0 Å². The average molecular weight is 509 g/mol. The Balaban J connectivity index is 1.10. The molecule has 3 aliphatic heterocycles. The number of piperidine rings is 2. The Morgan fingerprint density at radius 2 is 1.76 bits per heavy atom. The molecule has 200 valence electrons. The molecule has 0 radical (unpaired) electrons. The number of rotatable bonds is 8. The zero-order valence-corrected chi connectivity index (χ0v) is 21.7. The normalized spacial score (nSPS) is 23.8. The Morgan fingerprint density at radius 3 is 2.49 bits per heavy atom. The number of carbonyl (C=O) groups excluding carboxylic acids is 2. The van der Waals surface area contributed by atoms with E-state index in [1.54, 1.807) is 0 Å². The zero-order chi connectivity index (χ0) is 25.6. The molecule has 3 fully saturated rings. The third kappa shape index (κ3) is 6.70. The van der Waals surface area contributed by atoms with Gasteiger partial charge in [0.2, 0.25) is 11.8 Å². The lowest BCUT2D eigenvalue weighted by atomic mass is 9.80. The molecule has 2 aromatic rings. The maximum Gasteiger partial charge on any atom is 0.222 e. The summed E-state index contributed by atoms with van der Waals surface area (Å²) in [4.78, 5) is 31.2. The Morgan fingerprint density at radius 1 is 1.00 bits per heavy atom. The lowest BCUT2D eigenvalue weighted by Gasteiger charge is -2.35. The summed E-state index contributed by atoms with van der Waals surface area (Å²) >= 11 is 0. The van der Waals surface area contributed by atoms with Crippen molar-refractivity contribution in [3.63, 3.8) is 0 Å². The molecule has 9 nitrogen and oxygen atoms in total. The van der Waals surface area contributed by atoms with E-state index in [0.29, 0.717) is 44.2 Å². The first-order valence-corrected chi connectivity index (χ1v) is 13.8. The Bertz CT molecular complexity index is 1030. The van der Waals surface area contributed by atoms with E-state index in [1.165, 1.54) is 5.69 Å². The van der Waals surface area contributed by atoms with Gasteiger partial charge in [-0.2, -0.15) is 0 Å². The number of hydrogen-bond donors (Lipinski definition) is 2. The molecule has 37 heavy (non-hydrogen) atoms. The van der Waals surface area contributed by atoms with Gasteiger partial charge in [-0.05, 0) is 62.7 Å². The predicted molar refractivity (Wildman–Crippen MR) is 142 cm³/mol. The van der Waals surface area contributed by atoms with Gasteiger partial charge in [0.15, 0.2) is 5.76 Å². The number of nitrogens with two attached hydrogens (primary N) is 1. The fraction of sp³-hybridized carbons (Fsp3) is 0.607. The first-order chi connectivity index (χ1) is 18.0. The minimum atomic E-state index is -0.244. The highest BCUT2D eigenvalue weighted by Gasteiger charge is 2.32. The molecule has 3 N–H and O–H groups in total. The number of hydrogen-bond acceptors (Lipinski definition) is 7. The topological polar surface area (TPSA) is 108 Å². The van der Waals surface area contributed by atoms with Gasteiger partial charge in [0.05, 0.1) is 12.2 Å². The van der Waals surface area contributed by atoms with Gasteiger partial charge in [-0.3, -0.25) is 14.5 Å². The molecule has 0 saturated carbocycles. The molecule has 3 saturated heterocycles. The number of carbonyl (C=O) groups is 2. The van der Waals surface area contributed by atoms with Crippen LogP contribution in [0.2, 0.25) is 0 Å². The summed E-state index contributed by atoms with van der Waals surface area (Å²) < 4.78 is 5.72. The monoisotopic (exact) mass is 508 g/mol. The van der Waals surface area contributed by atoms with E-state index < -0.39 is 0 Å². The number of aromatic nitrogens is 1. The lowest BCUT2D eigenvalue weighted by Crippen LogP contribution is -2.45. The summed E-state index contributed by atoms with van der Waals surface area (Å²) in [6.07, 6.45) is 3.73. The van der Waals surface area contributed by atoms with Crippen LogP contribution in [0.3, 0.4) is 0 Å². The number of anilines is 1. The number of piperazine rings is 1. The molecule has 5 rings (SSSR count). The number of benzene rings is 1. The van der Waals surface area contributed by atoms with Gasteiger partial charge in [-0.25, -0.2) is 0 Å². The molecule has 2 unspecified atom stereocenters. The lowest BCUT2D eigenvalue weighted by molar-refractivity contribution is -0.136. The minimum Gasteiger partial charge on any atom is -0.369 e. The van der Waals surface area contributed by atoms with Crippen LogP contribution in [0.4, 0.5) is 5.69 Å². The highest BCUT2D eigenvalue weighted by Crippen LogP contribution is 2.28. The molecule has 1 aromatic heterocycles. The molecule has 1 aromatic carbocycles. The summed E-state index contributed by atoms with van der Waals surface area (Å²) in [6.45, 7) is 7.90. The van der Waals surface area contributed by atoms with Crippen LogP contribution in [0.15, 0.2) is 40.9 Å². The van der Waals surface area contributed by atoms with Crippen LogP contribution in [-0.2, 0) is 22.6 Å². The van der Waals surface area contributed by atoms with E-state index in [4.69, 9.17) is 10.3 Å². The predicted octanol–water partition coefficient (Wildman–Crippen LogP) is 1.88. The number of likely N-dealkylation sites (tertiary alicyclic amines) is 1. The molecule has 0 aliphatic carbocycles. The summed E-state index contributed by atoms with van der Waals surface area (Å²) in [7, 11) is 0. The molecule has 2 amide bonds. The third-order valence-corrected chi connectivity index (χ3v) is 8.40. The van der Waals surface area contributed by atoms with Crippen LogP contribution in [0.5, 0.6) is 0 Å². The maximum atomic E-state index is 13.0. The molecular formula is C28H40N6O3. The zero-order valence-electron chi connectivity index (χ0n) is 21.7. The summed E-state index contributed by atoms with van der Waals surface area (Å²) in [6, 6.07) is 12.7. The summed E-state index contributed by atoms with van der Waals surface area (Å²) in [5.74, 6) is 1.46. The van der Waals surface area contributed by atoms with Crippen molar-refractivity contribution in [1.29, 1.82) is 0 Å². The molecule has 2 atom stereocenters. The second-order valence-electron chi connectivity index (χ2n) is 10.9. The van der Waals surface area contributed by atoms with Crippen molar-refractivity contribution in [2.24, 2.45) is 23.5 Å². The number of amides is 2. The van der Waals surface area contributed by atoms with Crippen molar-refractivity contribution in [3.05, 3.63) is 47.9 Å². The largest absolute Gasteiger partial charge is 0.369 e. The fourth-order valence-corrected chi connectivity index (χ4v) is 6.07. The van der Waals surface area contributed by atoms with E-state index in [0.717, 1.165) is 70.1 Å². The van der Waals surface area contributed by atoms with Crippen molar-refractivity contribution in [1.82, 2.24) is 20.3 Å². The van der Waals surface area contributed by atoms with Crippen molar-refractivity contribution < 1.29 is 14.1 Å². The number of nitrogens with zero attached hydrogens (tertiary/aromatic N) is 4. The molecule has 0 bridgehead atoms. The minimum absolute atomic E-state index is 0.0928. The van der Waals surface area contributed by atoms with E-state index in [2.05, 4.69) is 56.7 Å². The van der Waals surface area contributed by atoms with Crippen LogP contribution in [0.1, 0.15) is 37.1 Å². The van der Waals surface area contributed by atoms with Crippen LogP contribution in [0, 0.1) is 17.8 Å². The average Bonchev–Trinajstić information content (AvgIpc) is 3.37. The van der Waals surface area contributed by atoms with Crippen LogP contribution in [0.25, 0.3) is 0 Å². The van der Waals surface area contributed by atoms with Crippen molar-refractivity contribution in [3.8, 4) is 0 Å². The van der Waals surface area contributed by atoms with E-state index in [9.17, 15) is 9.59 Å². The molecule has 9 heteroatoms. The fourth-order valence-electron chi connectivity index (χ4n) is 6.07. The smallest absolute Gasteiger partial charge is 0.222 e. The SMILES string of the molecule is NC(=O)C1CCN(C(=O)CC2CCNCC2Cc2cc(CN3CCN(c4ccccc4)CC3)on2)CC1. The van der Waals surface area contributed by atoms with Crippen LogP contribution in [-0.4, -0.2) is 79.1 Å². The molecule has 4 heterocycles. The summed E-state index contributed by atoms with van der Waals surface area (Å²) in [5.41, 5.74) is 7.71. The highest BCUT2D eigenvalue weighted by molar-refractivity contribution is 5.79. The Hall–Kier alpha value is -2.91. The van der Waals surface area contributed by atoms with Gasteiger partial charge in [-0.1, -0.05) is 23.4 Å². The second kappa shape index (κ2) is 12.1. The molecule has 0 spiro atoms. The first kappa shape index (κ1) is 25.7. The third-order valence-electron chi connectivity index (χ3n) is 8.40. The van der Waals surface area contributed by atoms with Gasteiger partial charge < -0.3 is 25.4 Å². The Kier molecular flexibility index (Phi) is 8.41. The van der Waals surface area contributed by atoms with Crippen LogP contribution >= 0.6 is 0 Å². The van der Waals surface area contributed by atoms with E-state index in [-0.39, 0.29) is 17.7 Å². The van der Waals surface area contributed by atoms with Crippen LogP contribution < -0.4 is 16.0 Å². The van der Waals surface area contributed by atoms with Crippen molar-refractivity contribution in [2.45, 2.75) is 38.6 Å². The van der Waals surface area contributed by atoms with Crippen molar-refractivity contribution >= 4 is 17.5 Å². The van der Waals surface area contributed by atoms with Gasteiger partial charge in [0.1, 0.15) is 0 Å². The second-order valence-corrected chi connectivity index (χ2v) is 10.9. The van der Waals surface area contributed by atoms with Gasteiger partial charge in [0, 0.05) is 63.4 Å². The number of para-hydroxylation sites is 1. The Labute approximate surface area is 219 Å². The van der Waals surface area contributed by atoms with Crippen molar-refractivity contribution in [2.75, 3.05) is 57.3 Å². The first-order valence-electron chi connectivity index (χ1n) is 13.8. The van der Waals surface area contributed by atoms with E-state index >= 15 is 0 Å². The number of nitrogens with one attached hydrogen (secondary N) is 1. The molecular weight excluding hydrogens is 468 g/mol. The standard InChI is InChI=1S/C28H40N6O3/c29-28(36)21-7-10-34(11-8-21)27(35)17-22-6-9-30-19-23(22)16-24-18-26(37-31-24)20-32-12-14-33(15-13-32)25-4-2-1-3-5-25/h1-5,18,21-23,30H,6-17,19-20H2,(H2,29,36). The molecule has 3 aliphatic rings. The maximum absolute atomic E-state index is 13.0. The van der Waals surface area contributed by atoms with E-state index in [1.807, 2.05) is 4.90 Å². The number of primary amides is 1. The quantitative estimate of drug-likeness (QED) is 0.561. The highest BCUT2D eigenvalue weighted by atomic mass is 16.5. The van der Waals surface area contributed by atoms with Gasteiger partial charge in [-0.15, -0.1) is 0 Å². The van der Waals surface area contributed by atoms with Gasteiger partial charge >= 0.3 is 0 Å².